The number of rotatable bonds is 1. The highest BCUT2D eigenvalue weighted by atomic mass is 35.5. The summed E-state index contributed by atoms with van der Waals surface area (Å²) in [6.07, 6.45) is 1.16. The summed E-state index contributed by atoms with van der Waals surface area (Å²) in [4.78, 5) is 14.2. The molecule has 0 aliphatic carbocycles. The maximum absolute atomic E-state index is 12.1. The first kappa shape index (κ1) is 14.1. The number of hydrogen-bond acceptors (Lipinski definition) is 3. The maximum Gasteiger partial charge on any atom is 0.240 e. The first-order chi connectivity index (χ1) is 7.18. The molecule has 3 unspecified atom stereocenters. The average Bonchev–Trinajstić information content (AvgIpc) is 2.74. The number of likely N-dealkylation sites (tertiary alicyclic amines) is 1. The van der Waals surface area contributed by atoms with Gasteiger partial charge in [-0.05, 0) is 18.3 Å². The van der Waals surface area contributed by atoms with Gasteiger partial charge in [0.05, 0.1) is 6.04 Å². The van der Waals surface area contributed by atoms with Gasteiger partial charge in [0, 0.05) is 24.7 Å². The van der Waals surface area contributed by atoms with Gasteiger partial charge in [0.1, 0.15) is 0 Å². The van der Waals surface area contributed by atoms with E-state index in [0.29, 0.717) is 11.8 Å². The zero-order chi connectivity index (χ0) is 10.8. The van der Waals surface area contributed by atoms with E-state index in [1.807, 2.05) is 16.7 Å². The summed E-state index contributed by atoms with van der Waals surface area (Å²) in [5.74, 6) is 3.60. The van der Waals surface area contributed by atoms with Crippen LogP contribution in [0, 0.1) is 11.8 Å². The van der Waals surface area contributed by atoms with Crippen LogP contribution in [0.4, 0.5) is 0 Å². The zero-order valence-electron chi connectivity index (χ0n) is 9.94. The average molecular weight is 265 g/mol. The summed E-state index contributed by atoms with van der Waals surface area (Å²) in [6.45, 7) is 6.44. The predicted octanol–water partition coefficient (Wildman–Crippen LogP) is 1.58. The summed E-state index contributed by atoms with van der Waals surface area (Å²) in [5, 5.41) is 3.25. The number of amides is 1. The minimum Gasteiger partial charge on any atom is -0.341 e. The Balaban J connectivity index is 0.00000128. The van der Waals surface area contributed by atoms with Gasteiger partial charge in [-0.3, -0.25) is 10.1 Å². The Morgan fingerprint density at radius 1 is 1.38 bits per heavy atom. The molecule has 2 fully saturated rings. The van der Waals surface area contributed by atoms with Crippen molar-refractivity contribution in [3.05, 3.63) is 0 Å². The molecule has 1 amide bonds. The van der Waals surface area contributed by atoms with Crippen molar-refractivity contribution in [2.45, 2.75) is 26.3 Å². The van der Waals surface area contributed by atoms with E-state index in [-0.39, 0.29) is 18.4 Å². The fourth-order valence-electron chi connectivity index (χ4n) is 2.24. The summed E-state index contributed by atoms with van der Waals surface area (Å²) in [7, 11) is 0. The Hall–Kier alpha value is 0.0700. The zero-order valence-corrected chi connectivity index (χ0v) is 11.6. The van der Waals surface area contributed by atoms with E-state index < -0.39 is 0 Å². The molecule has 2 heterocycles. The Labute approximate surface area is 108 Å². The molecule has 0 aromatic carbocycles. The van der Waals surface area contributed by atoms with Gasteiger partial charge in [0.15, 0.2) is 0 Å². The number of carbonyl (C=O) groups excluding carboxylic acids is 1. The number of hydrogen-bond donors (Lipinski definition) is 1. The monoisotopic (exact) mass is 264 g/mol. The molecule has 5 heteroatoms. The Bertz CT molecular complexity index is 246. The molecule has 0 spiro atoms. The fourth-order valence-corrected chi connectivity index (χ4v) is 3.17. The molecule has 3 nitrogen and oxygen atoms in total. The van der Waals surface area contributed by atoms with Gasteiger partial charge in [0.25, 0.3) is 0 Å². The normalized spacial score (nSPS) is 34.6. The summed E-state index contributed by atoms with van der Waals surface area (Å²) >= 11 is 1.82. The quantitative estimate of drug-likeness (QED) is 0.781. The lowest BCUT2D eigenvalue weighted by atomic mass is 9.88. The highest BCUT2D eigenvalue weighted by Crippen LogP contribution is 2.23. The molecular weight excluding hydrogens is 244 g/mol. The molecule has 0 aromatic rings. The molecule has 2 aliphatic rings. The topological polar surface area (TPSA) is 32.3 Å². The minimum atomic E-state index is 0. The standard InChI is InChI=1S/C11H20N2OS.ClH/c1-8-3-4-13(5-9(8)2)11(14)10-6-15-7-12-10;/h8-10,12H,3-7H2,1-2H3;1H. The molecule has 2 rings (SSSR count). The van der Waals surface area contributed by atoms with E-state index in [1.165, 1.54) is 0 Å². The van der Waals surface area contributed by atoms with Crippen molar-refractivity contribution in [2.75, 3.05) is 24.7 Å². The van der Waals surface area contributed by atoms with Crippen molar-refractivity contribution in [1.82, 2.24) is 10.2 Å². The van der Waals surface area contributed by atoms with Gasteiger partial charge in [-0.25, -0.2) is 0 Å². The van der Waals surface area contributed by atoms with Crippen molar-refractivity contribution in [3.63, 3.8) is 0 Å². The largest absolute Gasteiger partial charge is 0.341 e. The summed E-state index contributed by atoms with van der Waals surface area (Å²) in [5.41, 5.74) is 0. The van der Waals surface area contributed by atoms with E-state index in [2.05, 4.69) is 19.2 Å². The van der Waals surface area contributed by atoms with Gasteiger partial charge < -0.3 is 4.90 Å². The third-order valence-corrected chi connectivity index (χ3v) is 4.60. The van der Waals surface area contributed by atoms with Gasteiger partial charge in [-0.1, -0.05) is 13.8 Å². The lowest BCUT2D eigenvalue weighted by Crippen LogP contribution is -2.49. The number of halogens is 1. The Kier molecular flexibility index (Phi) is 5.41. The van der Waals surface area contributed by atoms with Crippen LogP contribution in [-0.2, 0) is 4.79 Å². The number of thioether (sulfide) groups is 1. The van der Waals surface area contributed by atoms with Crippen molar-refractivity contribution in [3.8, 4) is 0 Å². The number of nitrogens with zero attached hydrogens (tertiary/aromatic N) is 1. The first-order valence-corrected chi connectivity index (χ1v) is 6.94. The van der Waals surface area contributed by atoms with Crippen molar-refractivity contribution in [2.24, 2.45) is 11.8 Å². The van der Waals surface area contributed by atoms with Crippen LogP contribution in [-0.4, -0.2) is 41.6 Å². The van der Waals surface area contributed by atoms with Crippen LogP contribution in [0.15, 0.2) is 0 Å². The summed E-state index contributed by atoms with van der Waals surface area (Å²) < 4.78 is 0. The van der Waals surface area contributed by atoms with Crippen LogP contribution in [0.2, 0.25) is 0 Å². The van der Waals surface area contributed by atoms with Crippen LogP contribution < -0.4 is 5.32 Å². The first-order valence-electron chi connectivity index (χ1n) is 5.78. The lowest BCUT2D eigenvalue weighted by molar-refractivity contribution is -0.135. The van der Waals surface area contributed by atoms with E-state index in [1.54, 1.807) is 0 Å². The van der Waals surface area contributed by atoms with Crippen LogP contribution in [0.25, 0.3) is 0 Å². The Morgan fingerprint density at radius 3 is 2.69 bits per heavy atom. The van der Waals surface area contributed by atoms with Gasteiger partial charge >= 0.3 is 0 Å². The molecule has 3 atom stereocenters. The Morgan fingerprint density at radius 2 is 2.12 bits per heavy atom. The third kappa shape index (κ3) is 3.05. The van der Waals surface area contributed by atoms with Crippen LogP contribution in [0.3, 0.4) is 0 Å². The summed E-state index contributed by atoms with van der Waals surface area (Å²) in [6, 6.07) is 0.0793. The number of nitrogens with one attached hydrogen (secondary N) is 1. The van der Waals surface area contributed by atoms with E-state index in [9.17, 15) is 4.79 Å². The second-order valence-corrected chi connectivity index (χ2v) is 5.83. The molecule has 0 aromatic heterocycles. The SMILES string of the molecule is CC1CCN(C(=O)C2CSCN2)CC1C.Cl. The van der Waals surface area contributed by atoms with Gasteiger partial charge in [-0.2, -0.15) is 0 Å². The highest BCUT2D eigenvalue weighted by molar-refractivity contribution is 7.99. The van der Waals surface area contributed by atoms with Crippen molar-refractivity contribution >= 4 is 30.1 Å². The van der Waals surface area contributed by atoms with E-state index >= 15 is 0 Å². The smallest absolute Gasteiger partial charge is 0.240 e. The second kappa shape index (κ2) is 6.12. The van der Waals surface area contributed by atoms with Crippen LogP contribution in [0.1, 0.15) is 20.3 Å². The predicted molar refractivity (Wildman–Crippen MR) is 71.0 cm³/mol. The number of carbonyl (C=O) groups is 1. The fraction of sp³-hybridized carbons (Fsp3) is 0.909. The van der Waals surface area contributed by atoms with Crippen LogP contribution >= 0.6 is 24.2 Å². The van der Waals surface area contributed by atoms with Crippen LogP contribution in [0.5, 0.6) is 0 Å². The van der Waals surface area contributed by atoms with Crippen molar-refractivity contribution < 1.29 is 4.79 Å². The number of piperidine rings is 1. The molecular formula is C11H21ClN2OS. The molecule has 16 heavy (non-hydrogen) atoms. The molecule has 1 N–H and O–H groups in total. The maximum atomic E-state index is 12.1. The van der Waals surface area contributed by atoms with E-state index in [0.717, 1.165) is 37.1 Å². The molecule has 2 saturated heterocycles. The molecule has 2 aliphatic heterocycles. The molecule has 0 bridgehead atoms. The van der Waals surface area contributed by atoms with Gasteiger partial charge in [-0.15, -0.1) is 24.2 Å². The second-order valence-electron chi connectivity index (χ2n) is 4.80. The van der Waals surface area contributed by atoms with Crippen molar-refractivity contribution in [1.29, 1.82) is 0 Å². The molecule has 0 radical (unpaired) electrons. The van der Waals surface area contributed by atoms with E-state index in [4.69, 9.17) is 0 Å². The highest BCUT2D eigenvalue weighted by Gasteiger charge is 2.31. The molecule has 94 valence electrons. The minimum absolute atomic E-state index is 0. The third-order valence-electron chi connectivity index (χ3n) is 3.66. The lowest BCUT2D eigenvalue weighted by Gasteiger charge is -2.36. The molecule has 0 saturated carbocycles. The van der Waals surface area contributed by atoms with Gasteiger partial charge in [0.2, 0.25) is 5.91 Å².